The lowest BCUT2D eigenvalue weighted by atomic mass is 10.1. The summed E-state index contributed by atoms with van der Waals surface area (Å²) in [6, 6.07) is 4.76. The molecule has 0 aliphatic carbocycles. The second kappa shape index (κ2) is 7.61. The number of nitrogens with one attached hydrogen (secondary N) is 3. The monoisotopic (exact) mass is 331 g/mol. The molecule has 1 atom stereocenters. The van der Waals surface area contributed by atoms with Crippen molar-refractivity contribution in [2.75, 3.05) is 11.9 Å². The SMILES string of the molecule is CC(=O)N[C@H](C)C(=O)Nc1ccccc1C(=O)NCC(F)(F)F. The van der Waals surface area contributed by atoms with E-state index >= 15 is 0 Å². The van der Waals surface area contributed by atoms with E-state index < -0.39 is 36.5 Å². The molecule has 9 heteroatoms. The highest BCUT2D eigenvalue weighted by molar-refractivity contribution is 6.05. The Morgan fingerprint density at radius 1 is 1.17 bits per heavy atom. The van der Waals surface area contributed by atoms with Gasteiger partial charge >= 0.3 is 6.18 Å². The number of anilines is 1. The highest BCUT2D eigenvalue weighted by Gasteiger charge is 2.28. The summed E-state index contributed by atoms with van der Waals surface area (Å²) in [5.41, 5.74) is -0.0606. The van der Waals surface area contributed by atoms with Crippen LogP contribution in [0.2, 0.25) is 0 Å². The van der Waals surface area contributed by atoms with Crippen molar-refractivity contribution in [3.05, 3.63) is 29.8 Å². The molecule has 0 heterocycles. The summed E-state index contributed by atoms with van der Waals surface area (Å²) < 4.78 is 36.4. The van der Waals surface area contributed by atoms with E-state index in [0.717, 1.165) is 0 Å². The molecule has 1 rings (SSSR count). The molecule has 0 aliphatic heterocycles. The summed E-state index contributed by atoms with van der Waals surface area (Å²) in [5.74, 6) is -1.98. The normalized spacial score (nSPS) is 12.2. The van der Waals surface area contributed by atoms with Gasteiger partial charge in [-0.1, -0.05) is 12.1 Å². The van der Waals surface area contributed by atoms with Gasteiger partial charge in [0.25, 0.3) is 5.91 Å². The van der Waals surface area contributed by atoms with Gasteiger partial charge in [-0.3, -0.25) is 14.4 Å². The van der Waals surface area contributed by atoms with E-state index in [1.807, 2.05) is 0 Å². The van der Waals surface area contributed by atoms with Crippen molar-refractivity contribution >= 4 is 23.4 Å². The van der Waals surface area contributed by atoms with E-state index in [2.05, 4.69) is 10.6 Å². The molecule has 0 radical (unpaired) electrons. The van der Waals surface area contributed by atoms with Crippen LogP contribution in [0.5, 0.6) is 0 Å². The molecule has 23 heavy (non-hydrogen) atoms. The Morgan fingerprint density at radius 2 is 1.78 bits per heavy atom. The molecule has 0 aliphatic rings. The minimum atomic E-state index is -4.53. The number of carbonyl (C=O) groups excluding carboxylic acids is 3. The fraction of sp³-hybridized carbons (Fsp3) is 0.357. The maximum atomic E-state index is 12.1. The van der Waals surface area contributed by atoms with Crippen molar-refractivity contribution in [1.82, 2.24) is 10.6 Å². The predicted octanol–water partition coefficient (Wildman–Crippen LogP) is 1.44. The van der Waals surface area contributed by atoms with Crippen LogP contribution in [0.25, 0.3) is 0 Å². The van der Waals surface area contributed by atoms with Gasteiger partial charge in [-0.2, -0.15) is 13.2 Å². The Kier molecular flexibility index (Phi) is 6.11. The van der Waals surface area contributed by atoms with E-state index in [0.29, 0.717) is 0 Å². The van der Waals surface area contributed by atoms with Crippen LogP contribution in [-0.2, 0) is 9.59 Å². The molecule has 6 nitrogen and oxygen atoms in total. The Labute approximate surface area is 130 Å². The first kappa shape index (κ1) is 18.5. The number of alkyl halides is 3. The van der Waals surface area contributed by atoms with Crippen LogP contribution in [0, 0.1) is 0 Å². The smallest absolute Gasteiger partial charge is 0.345 e. The van der Waals surface area contributed by atoms with E-state index in [1.54, 1.807) is 5.32 Å². The number of para-hydroxylation sites is 1. The highest BCUT2D eigenvalue weighted by atomic mass is 19.4. The second-order valence-electron chi connectivity index (χ2n) is 4.75. The molecule has 1 aromatic rings. The van der Waals surface area contributed by atoms with Gasteiger partial charge in [-0.05, 0) is 19.1 Å². The number of amides is 3. The molecule has 0 aromatic heterocycles. The van der Waals surface area contributed by atoms with Crippen LogP contribution in [-0.4, -0.2) is 36.5 Å². The third kappa shape index (κ3) is 6.37. The lowest BCUT2D eigenvalue weighted by Gasteiger charge is -2.15. The molecule has 126 valence electrons. The van der Waals surface area contributed by atoms with Crippen molar-refractivity contribution in [1.29, 1.82) is 0 Å². The summed E-state index contributed by atoms with van der Waals surface area (Å²) in [6.45, 7) is 1.20. The maximum absolute atomic E-state index is 12.1. The summed E-state index contributed by atoms with van der Waals surface area (Å²) in [6.07, 6.45) is -4.53. The number of rotatable bonds is 5. The molecule has 3 amide bonds. The maximum Gasteiger partial charge on any atom is 0.405 e. The van der Waals surface area contributed by atoms with Crippen molar-refractivity contribution in [3.8, 4) is 0 Å². The molecule has 0 saturated heterocycles. The first-order valence-corrected chi connectivity index (χ1v) is 6.62. The molecule has 0 fully saturated rings. The Balaban J connectivity index is 2.83. The molecule has 1 aromatic carbocycles. The second-order valence-corrected chi connectivity index (χ2v) is 4.75. The van der Waals surface area contributed by atoms with Crippen LogP contribution in [0.4, 0.5) is 18.9 Å². The minimum absolute atomic E-state index is 0.0503. The largest absolute Gasteiger partial charge is 0.405 e. The van der Waals surface area contributed by atoms with Crippen LogP contribution < -0.4 is 16.0 Å². The van der Waals surface area contributed by atoms with Gasteiger partial charge in [-0.25, -0.2) is 0 Å². The van der Waals surface area contributed by atoms with Crippen LogP contribution in [0.3, 0.4) is 0 Å². The van der Waals surface area contributed by atoms with E-state index in [-0.39, 0.29) is 11.3 Å². The van der Waals surface area contributed by atoms with E-state index in [4.69, 9.17) is 0 Å². The topological polar surface area (TPSA) is 87.3 Å². The molecular formula is C14H16F3N3O3. The summed E-state index contributed by atoms with van der Waals surface area (Å²) in [7, 11) is 0. The molecule has 3 N–H and O–H groups in total. The first-order chi connectivity index (χ1) is 10.6. The standard InChI is InChI=1S/C14H16F3N3O3/c1-8(19-9(2)21)12(22)20-11-6-4-3-5-10(11)13(23)18-7-14(15,16)17/h3-6,8H,7H2,1-2H3,(H,18,23)(H,19,21)(H,20,22)/t8-/m1/s1. The van der Waals surface area contributed by atoms with Crippen molar-refractivity contribution in [2.24, 2.45) is 0 Å². The average molecular weight is 331 g/mol. The lowest BCUT2D eigenvalue weighted by Crippen LogP contribution is -2.41. The molecule has 0 spiro atoms. The number of hydrogen-bond acceptors (Lipinski definition) is 3. The van der Waals surface area contributed by atoms with Gasteiger partial charge in [0.15, 0.2) is 0 Å². The van der Waals surface area contributed by atoms with Gasteiger partial charge in [0.2, 0.25) is 11.8 Å². The van der Waals surface area contributed by atoms with Gasteiger partial charge in [0.1, 0.15) is 12.6 Å². The number of benzene rings is 1. The Bertz CT molecular complexity index is 602. The van der Waals surface area contributed by atoms with E-state index in [9.17, 15) is 27.6 Å². The van der Waals surface area contributed by atoms with Crippen molar-refractivity contribution < 1.29 is 27.6 Å². The number of hydrogen-bond donors (Lipinski definition) is 3. The zero-order valence-corrected chi connectivity index (χ0v) is 12.5. The quantitative estimate of drug-likeness (QED) is 0.763. The zero-order chi connectivity index (χ0) is 17.6. The number of carbonyl (C=O) groups is 3. The van der Waals surface area contributed by atoms with Crippen LogP contribution in [0.1, 0.15) is 24.2 Å². The molecule has 0 unspecified atom stereocenters. The van der Waals surface area contributed by atoms with Gasteiger partial charge in [0, 0.05) is 6.92 Å². The summed E-state index contributed by atoms with van der Waals surface area (Å²) in [4.78, 5) is 34.6. The Morgan fingerprint density at radius 3 is 2.35 bits per heavy atom. The lowest BCUT2D eigenvalue weighted by molar-refractivity contribution is -0.124. The Hall–Kier alpha value is -2.58. The third-order valence-electron chi connectivity index (χ3n) is 2.69. The highest BCUT2D eigenvalue weighted by Crippen LogP contribution is 2.17. The molecule has 0 bridgehead atoms. The molecule has 0 saturated carbocycles. The predicted molar refractivity (Wildman–Crippen MR) is 76.7 cm³/mol. The van der Waals surface area contributed by atoms with Crippen LogP contribution >= 0.6 is 0 Å². The third-order valence-corrected chi connectivity index (χ3v) is 2.69. The fourth-order valence-electron chi connectivity index (χ4n) is 1.68. The van der Waals surface area contributed by atoms with Crippen molar-refractivity contribution in [2.45, 2.75) is 26.1 Å². The van der Waals surface area contributed by atoms with Gasteiger partial charge in [0.05, 0.1) is 11.3 Å². The first-order valence-electron chi connectivity index (χ1n) is 6.62. The molecular weight excluding hydrogens is 315 g/mol. The number of halogens is 3. The van der Waals surface area contributed by atoms with Crippen LogP contribution in [0.15, 0.2) is 24.3 Å². The minimum Gasteiger partial charge on any atom is -0.345 e. The average Bonchev–Trinajstić information content (AvgIpc) is 2.43. The van der Waals surface area contributed by atoms with Gasteiger partial charge in [-0.15, -0.1) is 0 Å². The fourth-order valence-corrected chi connectivity index (χ4v) is 1.68. The zero-order valence-electron chi connectivity index (χ0n) is 12.5. The summed E-state index contributed by atoms with van der Waals surface area (Å²) >= 11 is 0. The van der Waals surface area contributed by atoms with Crippen molar-refractivity contribution in [3.63, 3.8) is 0 Å². The summed E-state index contributed by atoms with van der Waals surface area (Å²) in [5, 5.41) is 6.48. The van der Waals surface area contributed by atoms with Gasteiger partial charge < -0.3 is 16.0 Å². The van der Waals surface area contributed by atoms with E-state index in [1.165, 1.54) is 38.1 Å².